The summed E-state index contributed by atoms with van der Waals surface area (Å²) < 4.78 is 0. The van der Waals surface area contributed by atoms with E-state index in [1.165, 1.54) is 24.3 Å². The summed E-state index contributed by atoms with van der Waals surface area (Å²) in [5.74, 6) is -0.565. The summed E-state index contributed by atoms with van der Waals surface area (Å²) in [5, 5.41) is 24.2. The monoisotopic (exact) mass is 394 g/mol. The number of nitro groups is 1. The van der Waals surface area contributed by atoms with Crippen LogP contribution in [0.4, 0.5) is 5.69 Å². The number of amides is 1. The van der Waals surface area contributed by atoms with Gasteiger partial charge in [0.1, 0.15) is 11.6 Å². The number of aromatic amines is 1. The minimum atomic E-state index is -0.568. The molecule has 3 aromatic rings. The molecule has 0 fully saturated rings. The number of para-hydroxylation sites is 1. The molecule has 3 rings (SSSR count). The number of aromatic nitrogens is 1. The number of nitrogens with zero attached hydrogens (tertiary/aromatic N) is 2. The lowest BCUT2D eigenvalue weighted by atomic mass is 10.1. The molecule has 0 saturated carbocycles. The summed E-state index contributed by atoms with van der Waals surface area (Å²) in [7, 11) is 0. The quantitative estimate of drug-likeness (QED) is 0.285. The van der Waals surface area contributed by atoms with Crippen molar-refractivity contribution in [2.45, 2.75) is 6.42 Å². The number of fused-ring (bicyclic) bond motifs is 1. The number of nitrogens with one attached hydrogen (secondary N) is 2. The van der Waals surface area contributed by atoms with Crippen LogP contribution in [-0.4, -0.2) is 22.4 Å². The number of benzene rings is 2. The number of nitriles is 1. The molecule has 140 valence electrons. The first-order valence-electron chi connectivity index (χ1n) is 8.38. The van der Waals surface area contributed by atoms with E-state index >= 15 is 0 Å². The number of rotatable bonds is 6. The van der Waals surface area contributed by atoms with Gasteiger partial charge in [-0.2, -0.15) is 5.26 Å². The number of hydrogen-bond donors (Lipinski definition) is 2. The maximum absolute atomic E-state index is 12.3. The van der Waals surface area contributed by atoms with Crippen LogP contribution in [0.25, 0.3) is 17.0 Å². The highest BCUT2D eigenvalue weighted by atomic mass is 35.5. The van der Waals surface area contributed by atoms with Gasteiger partial charge in [-0.15, -0.1) is 0 Å². The Morgan fingerprint density at radius 1 is 1.32 bits per heavy atom. The number of carbonyl (C=O) groups excluding carboxylic acids is 1. The molecule has 0 unspecified atom stereocenters. The van der Waals surface area contributed by atoms with E-state index in [1.807, 2.05) is 36.5 Å². The minimum absolute atomic E-state index is 0.173. The zero-order valence-electron chi connectivity index (χ0n) is 14.6. The van der Waals surface area contributed by atoms with Crippen LogP contribution < -0.4 is 5.32 Å². The van der Waals surface area contributed by atoms with E-state index in [0.29, 0.717) is 13.0 Å². The topological polar surface area (TPSA) is 112 Å². The van der Waals surface area contributed by atoms with E-state index < -0.39 is 10.8 Å². The summed E-state index contributed by atoms with van der Waals surface area (Å²) in [5.41, 5.74) is 1.95. The van der Waals surface area contributed by atoms with E-state index in [1.54, 1.807) is 0 Å². The van der Waals surface area contributed by atoms with Crippen molar-refractivity contribution in [1.29, 1.82) is 5.26 Å². The van der Waals surface area contributed by atoms with Crippen molar-refractivity contribution in [3.8, 4) is 6.07 Å². The lowest BCUT2D eigenvalue weighted by molar-refractivity contribution is -0.384. The van der Waals surface area contributed by atoms with E-state index in [9.17, 15) is 20.2 Å². The molecule has 0 aliphatic heterocycles. The van der Waals surface area contributed by atoms with Crippen LogP contribution >= 0.6 is 11.6 Å². The normalized spacial score (nSPS) is 11.2. The lowest BCUT2D eigenvalue weighted by Crippen LogP contribution is -2.26. The Kier molecular flexibility index (Phi) is 5.72. The molecular weight excluding hydrogens is 380 g/mol. The zero-order chi connectivity index (χ0) is 20.1. The molecule has 8 heteroatoms. The second kappa shape index (κ2) is 8.37. The molecule has 0 spiro atoms. The van der Waals surface area contributed by atoms with E-state index in [0.717, 1.165) is 16.5 Å². The minimum Gasteiger partial charge on any atom is -0.361 e. The zero-order valence-corrected chi connectivity index (χ0v) is 15.4. The Labute approximate surface area is 165 Å². The molecule has 1 aromatic heterocycles. The summed E-state index contributed by atoms with van der Waals surface area (Å²) in [6.45, 7) is 0.336. The van der Waals surface area contributed by atoms with Crippen LogP contribution in [0, 0.1) is 21.4 Å². The Morgan fingerprint density at radius 3 is 2.86 bits per heavy atom. The van der Waals surface area contributed by atoms with Gasteiger partial charge in [-0.05, 0) is 30.2 Å². The Hall–Kier alpha value is -3.63. The predicted octanol–water partition coefficient (Wildman–Crippen LogP) is 4.00. The molecule has 1 heterocycles. The molecule has 28 heavy (non-hydrogen) atoms. The largest absolute Gasteiger partial charge is 0.361 e. The van der Waals surface area contributed by atoms with Crippen LogP contribution in [0.3, 0.4) is 0 Å². The van der Waals surface area contributed by atoms with Crippen molar-refractivity contribution in [3.63, 3.8) is 0 Å². The number of halogens is 1. The Bertz CT molecular complexity index is 1130. The lowest BCUT2D eigenvalue weighted by Gasteiger charge is -2.05. The molecule has 0 aliphatic rings. The first-order chi connectivity index (χ1) is 13.5. The summed E-state index contributed by atoms with van der Waals surface area (Å²) >= 11 is 6.02. The number of H-pyrrole nitrogens is 1. The van der Waals surface area contributed by atoms with E-state index in [4.69, 9.17) is 11.6 Å². The van der Waals surface area contributed by atoms with Gasteiger partial charge in [0.25, 0.3) is 11.6 Å². The van der Waals surface area contributed by atoms with Crippen molar-refractivity contribution in [1.82, 2.24) is 10.3 Å². The second-order valence-electron chi connectivity index (χ2n) is 6.00. The molecule has 0 aliphatic carbocycles. The number of non-ortho nitro benzene ring substituents is 1. The fourth-order valence-corrected chi connectivity index (χ4v) is 2.98. The highest BCUT2D eigenvalue weighted by molar-refractivity contribution is 6.32. The average molecular weight is 395 g/mol. The third kappa shape index (κ3) is 4.19. The summed E-state index contributed by atoms with van der Waals surface area (Å²) in [6, 6.07) is 13.5. The molecule has 2 aromatic carbocycles. The Morgan fingerprint density at radius 2 is 2.11 bits per heavy atom. The second-order valence-corrected chi connectivity index (χ2v) is 6.41. The van der Waals surface area contributed by atoms with Gasteiger partial charge in [0, 0.05) is 46.4 Å². The van der Waals surface area contributed by atoms with Gasteiger partial charge in [-0.3, -0.25) is 14.9 Å². The summed E-state index contributed by atoms with van der Waals surface area (Å²) in [6.07, 6.45) is 3.73. The van der Waals surface area contributed by atoms with Gasteiger partial charge in [0.2, 0.25) is 0 Å². The van der Waals surface area contributed by atoms with Crippen molar-refractivity contribution in [3.05, 3.63) is 80.5 Å². The van der Waals surface area contributed by atoms with Gasteiger partial charge in [-0.25, -0.2) is 0 Å². The first kappa shape index (κ1) is 19.1. The fourth-order valence-electron chi connectivity index (χ4n) is 2.80. The van der Waals surface area contributed by atoms with Crippen LogP contribution in [0.5, 0.6) is 0 Å². The van der Waals surface area contributed by atoms with Crippen molar-refractivity contribution in [2.24, 2.45) is 0 Å². The average Bonchev–Trinajstić information content (AvgIpc) is 3.10. The highest BCUT2D eigenvalue weighted by Gasteiger charge is 2.13. The van der Waals surface area contributed by atoms with Crippen molar-refractivity contribution in [2.75, 3.05) is 6.54 Å². The number of nitro benzene ring substituents is 1. The van der Waals surface area contributed by atoms with Crippen molar-refractivity contribution < 1.29 is 9.72 Å². The first-order valence-corrected chi connectivity index (χ1v) is 8.76. The molecule has 2 N–H and O–H groups in total. The van der Waals surface area contributed by atoms with Crippen LogP contribution in [-0.2, 0) is 11.2 Å². The maximum atomic E-state index is 12.3. The fraction of sp³-hybridized carbons (Fsp3) is 0.100. The molecule has 0 bridgehead atoms. The Balaban J connectivity index is 1.70. The van der Waals surface area contributed by atoms with Crippen LogP contribution in [0.1, 0.15) is 11.1 Å². The molecule has 7 nitrogen and oxygen atoms in total. The molecule has 0 atom stereocenters. The maximum Gasteiger partial charge on any atom is 0.270 e. The third-order valence-corrected chi connectivity index (χ3v) is 4.55. The number of hydrogen-bond acceptors (Lipinski definition) is 4. The van der Waals surface area contributed by atoms with Gasteiger partial charge in [0.05, 0.1) is 4.92 Å². The van der Waals surface area contributed by atoms with E-state index in [-0.39, 0.29) is 21.8 Å². The predicted molar refractivity (Wildman–Crippen MR) is 107 cm³/mol. The van der Waals surface area contributed by atoms with Crippen LogP contribution in [0.15, 0.2) is 54.2 Å². The van der Waals surface area contributed by atoms with Gasteiger partial charge >= 0.3 is 0 Å². The van der Waals surface area contributed by atoms with Gasteiger partial charge in [0.15, 0.2) is 0 Å². The number of carbonyl (C=O) groups is 1. The SMILES string of the molecule is N#CC(=Cc1cc([N+](=O)[O-])ccc1Cl)C(=O)NCCc1c[nH]c2ccccc12. The standard InChI is InChI=1S/C20H15ClN4O3/c21-18-6-5-16(25(27)28)10-14(18)9-15(11-22)20(26)23-8-7-13-12-24-19-4-2-1-3-17(13)19/h1-6,9-10,12,24H,7-8H2,(H,23,26). The third-order valence-electron chi connectivity index (χ3n) is 4.21. The van der Waals surface area contributed by atoms with Gasteiger partial charge < -0.3 is 10.3 Å². The van der Waals surface area contributed by atoms with Crippen molar-refractivity contribution >= 4 is 40.2 Å². The molecular formula is C20H15ClN4O3. The van der Waals surface area contributed by atoms with Crippen LogP contribution in [0.2, 0.25) is 5.02 Å². The van der Waals surface area contributed by atoms with E-state index in [2.05, 4.69) is 10.3 Å². The molecule has 0 radical (unpaired) electrons. The highest BCUT2D eigenvalue weighted by Crippen LogP contribution is 2.24. The molecule has 1 amide bonds. The summed E-state index contributed by atoms with van der Waals surface area (Å²) in [4.78, 5) is 25.8. The smallest absolute Gasteiger partial charge is 0.270 e. The van der Waals surface area contributed by atoms with Gasteiger partial charge in [-0.1, -0.05) is 29.8 Å². The molecule has 0 saturated heterocycles.